The lowest BCUT2D eigenvalue weighted by molar-refractivity contribution is -0.115. The summed E-state index contributed by atoms with van der Waals surface area (Å²) in [6.07, 6.45) is 0.326. The molecule has 0 bridgehead atoms. The van der Waals surface area contributed by atoms with E-state index in [-0.39, 0.29) is 11.5 Å². The highest BCUT2D eigenvalue weighted by atomic mass is 79.9. The second-order valence-electron chi connectivity index (χ2n) is 2.56. The summed E-state index contributed by atoms with van der Waals surface area (Å²) in [5.41, 5.74) is 0.599. The van der Waals surface area contributed by atoms with Crippen LogP contribution in [0, 0.1) is 0 Å². The molecule has 0 saturated carbocycles. The first kappa shape index (κ1) is 7.54. The number of hydrogen-bond acceptors (Lipinski definition) is 2. The summed E-state index contributed by atoms with van der Waals surface area (Å²) < 4.78 is 0.680. The van der Waals surface area contributed by atoms with Crippen LogP contribution >= 0.6 is 15.9 Å². The van der Waals surface area contributed by atoms with E-state index in [1.54, 1.807) is 0 Å². The number of halogens is 1. The molecule has 2 N–H and O–H groups in total. The van der Waals surface area contributed by atoms with Gasteiger partial charge in [-0.05, 0) is 0 Å². The van der Waals surface area contributed by atoms with Gasteiger partial charge in [0.2, 0.25) is 5.91 Å². The van der Waals surface area contributed by atoms with E-state index in [4.69, 9.17) is 0 Å². The molecule has 0 spiro atoms. The smallest absolute Gasteiger partial charge is 0.250 e. The summed E-state index contributed by atoms with van der Waals surface area (Å²) >= 11 is 3.21. The van der Waals surface area contributed by atoms with Crippen molar-refractivity contribution >= 4 is 27.7 Å². The number of anilines is 1. The Morgan fingerprint density at radius 2 is 2.17 bits per heavy atom. The molecule has 1 aromatic heterocycles. The molecule has 1 aliphatic heterocycles. The molecular weight excluding hydrogens is 224 g/mol. The summed E-state index contributed by atoms with van der Waals surface area (Å²) in [7, 11) is 0. The third-order valence-electron chi connectivity index (χ3n) is 1.70. The van der Waals surface area contributed by atoms with Crippen LogP contribution in [0.3, 0.4) is 0 Å². The van der Waals surface area contributed by atoms with Crippen molar-refractivity contribution in [2.75, 3.05) is 5.32 Å². The number of rotatable bonds is 0. The number of fused-ring (bicyclic) bond motifs is 1. The van der Waals surface area contributed by atoms with E-state index < -0.39 is 0 Å². The van der Waals surface area contributed by atoms with Gasteiger partial charge in [-0.25, -0.2) is 0 Å². The minimum Gasteiger partial charge on any atom is -0.312 e. The molecule has 1 amide bonds. The Morgan fingerprint density at radius 3 is 2.92 bits per heavy atom. The average Bonchev–Trinajstić information content (AvgIpc) is 2.29. The van der Waals surface area contributed by atoms with E-state index in [9.17, 15) is 9.59 Å². The quantitative estimate of drug-likeness (QED) is 0.685. The van der Waals surface area contributed by atoms with Crippen molar-refractivity contribution < 1.29 is 4.79 Å². The number of aromatic amines is 1. The van der Waals surface area contributed by atoms with Gasteiger partial charge in [0.25, 0.3) is 5.56 Å². The van der Waals surface area contributed by atoms with Crippen LogP contribution in [0.25, 0.3) is 0 Å². The Kier molecular flexibility index (Phi) is 1.54. The molecule has 0 atom stereocenters. The van der Waals surface area contributed by atoms with Crippen molar-refractivity contribution in [2.45, 2.75) is 6.42 Å². The fraction of sp³-hybridized carbons (Fsp3) is 0.143. The van der Waals surface area contributed by atoms with E-state index in [1.807, 2.05) is 0 Å². The molecule has 0 aliphatic carbocycles. The lowest BCUT2D eigenvalue weighted by Crippen LogP contribution is -2.08. The van der Waals surface area contributed by atoms with Crippen LogP contribution in [-0.4, -0.2) is 10.9 Å². The van der Waals surface area contributed by atoms with Crippen LogP contribution in [-0.2, 0) is 11.2 Å². The predicted octanol–water partition coefficient (Wildman–Crippen LogP) is 0.632. The summed E-state index contributed by atoms with van der Waals surface area (Å²) in [6, 6.07) is 1.42. The first-order chi connectivity index (χ1) is 5.66. The van der Waals surface area contributed by atoms with Gasteiger partial charge < -0.3 is 10.3 Å². The zero-order valence-electron chi connectivity index (χ0n) is 5.98. The van der Waals surface area contributed by atoms with Gasteiger partial charge in [-0.15, -0.1) is 0 Å². The van der Waals surface area contributed by atoms with Crippen LogP contribution in [0.5, 0.6) is 0 Å². The van der Waals surface area contributed by atoms with Gasteiger partial charge in [-0.3, -0.25) is 9.59 Å². The molecule has 0 unspecified atom stereocenters. The monoisotopic (exact) mass is 228 g/mol. The third kappa shape index (κ3) is 1.06. The summed E-state index contributed by atoms with van der Waals surface area (Å²) in [6.45, 7) is 0. The number of amides is 1. The molecule has 4 nitrogen and oxygen atoms in total. The van der Waals surface area contributed by atoms with E-state index in [0.717, 1.165) is 5.56 Å². The zero-order valence-corrected chi connectivity index (χ0v) is 7.56. The molecule has 2 heterocycles. The molecule has 62 valence electrons. The van der Waals surface area contributed by atoms with Crippen molar-refractivity contribution in [3.63, 3.8) is 0 Å². The number of nitrogens with one attached hydrogen (secondary N) is 2. The molecule has 0 fully saturated rings. The summed E-state index contributed by atoms with van der Waals surface area (Å²) in [4.78, 5) is 24.4. The van der Waals surface area contributed by atoms with Gasteiger partial charge in [0.05, 0.1) is 6.42 Å². The van der Waals surface area contributed by atoms with Gasteiger partial charge in [0.15, 0.2) is 0 Å². The lowest BCUT2D eigenvalue weighted by atomic mass is 10.2. The molecule has 12 heavy (non-hydrogen) atoms. The highest BCUT2D eigenvalue weighted by Crippen LogP contribution is 2.25. The molecule has 0 radical (unpaired) electrons. The normalized spacial score (nSPS) is 14.2. The number of aromatic nitrogens is 1. The first-order valence-corrected chi connectivity index (χ1v) is 4.17. The zero-order chi connectivity index (χ0) is 8.72. The highest BCUT2D eigenvalue weighted by molar-refractivity contribution is 9.10. The van der Waals surface area contributed by atoms with Gasteiger partial charge in [0.1, 0.15) is 5.82 Å². The Balaban J connectivity index is 2.67. The fourth-order valence-electron chi connectivity index (χ4n) is 1.18. The van der Waals surface area contributed by atoms with Gasteiger partial charge in [0, 0.05) is 16.1 Å². The maximum absolute atomic E-state index is 10.9. The van der Waals surface area contributed by atoms with E-state index >= 15 is 0 Å². The number of carbonyl (C=O) groups excluding carboxylic acids is 1. The van der Waals surface area contributed by atoms with Crippen molar-refractivity contribution in [1.29, 1.82) is 0 Å². The molecule has 0 saturated heterocycles. The van der Waals surface area contributed by atoms with E-state index in [2.05, 4.69) is 26.2 Å². The van der Waals surface area contributed by atoms with Crippen molar-refractivity contribution in [2.24, 2.45) is 0 Å². The molecule has 0 aromatic carbocycles. The van der Waals surface area contributed by atoms with Crippen molar-refractivity contribution in [3.05, 3.63) is 26.5 Å². The summed E-state index contributed by atoms with van der Waals surface area (Å²) in [5, 5.41) is 2.55. The number of pyridine rings is 1. The minimum atomic E-state index is -0.220. The van der Waals surface area contributed by atoms with Gasteiger partial charge in [-0.1, -0.05) is 15.9 Å². The molecule has 1 aliphatic rings. The lowest BCUT2D eigenvalue weighted by Gasteiger charge is -1.98. The molecule has 5 heteroatoms. The Labute approximate surface area is 76.1 Å². The van der Waals surface area contributed by atoms with Gasteiger partial charge in [-0.2, -0.15) is 0 Å². The van der Waals surface area contributed by atoms with E-state index in [0.29, 0.717) is 16.7 Å². The molecular formula is C7H5BrN2O2. The Morgan fingerprint density at radius 1 is 1.42 bits per heavy atom. The maximum Gasteiger partial charge on any atom is 0.250 e. The van der Waals surface area contributed by atoms with Crippen molar-refractivity contribution in [1.82, 2.24) is 4.98 Å². The highest BCUT2D eigenvalue weighted by Gasteiger charge is 2.20. The first-order valence-electron chi connectivity index (χ1n) is 3.38. The molecule has 2 rings (SSSR count). The van der Waals surface area contributed by atoms with Crippen molar-refractivity contribution in [3.8, 4) is 0 Å². The van der Waals surface area contributed by atoms with Crippen LogP contribution < -0.4 is 10.9 Å². The number of H-pyrrole nitrogens is 1. The standard InChI is InChI=1S/C7H5BrN2O2/c8-4-2-6(12)10-7-3(4)1-5(11)9-7/h2H,1H2,(H2,9,10,11,12). The van der Waals surface area contributed by atoms with E-state index in [1.165, 1.54) is 6.07 Å². The second kappa shape index (κ2) is 2.45. The van der Waals surface area contributed by atoms with Gasteiger partial charge >= 0.3 is 0 Å². The van der Waals surface area contributed by atoms with Crippen LogP contribution in [0.4, 0.5) is 5.82 Å². The van der Waals surface area contributed by atoms with Crippen LogP contribution in [0.2, 0.25) is 0 Å². The van der Waals surface area contributed by atoms with Crippen LogP contribution in [0.1, 0.15) is 5.56 Å². The number of carbonyl (C=O) groups is 1. The Bertz CT molecular complexity index is 410. The third-order valence-corrected chi connectivity index (χ3v) is 2.41. The maximum atomic E-state index is 10.9. The summed E-state index contributed by atoms with van der Waals surface area (Å²) in [5.74, 6) is 0.423. The van der Waals surface area contributed by atoms with Crippen LogP contribution in [0.15, 0.2) is 15.3 Å². The predicted molar refractivity (Wildman–Crippen MR) is 47.1 cm³/mol. The topological polar surface area (TPSA) is 62.0 Å². The second-order valence-corrected chi connectivity index (χ2v) is 3.41. The average molecular weight is 229 g/mol. The minimum absolute atomic E-state index is 0.0902. The fourth-order valence-corrected chi connectivity index (χ4v) is 1.73. The SMILES string of the molecule is O=C1Cc2c(Br)cc(=O)[nH]c2N1. The molecule has 1 aromatic rings. The largest absolute Gasteiger partial charge is 0.312 e. The Hall–Kier alpha value is -1.10. The number of hydrogen-bond donors (Lipinski definition) is 2.